The van der Waals surface area contributed by atoms with Gasteiger partial charge in [-0.3, -0.25) is 0 Å². The molecule has 0 rings (SSSR count). The summed E-state index contributed by atoms with van der Waals surface area (Å²) in [6.45, 7) is 13.9. The van der Waals surface area contributed by atoms with Crippen molar-refractivity contribution in [1.82, 2.24) is 0 Å². The van der Waals surface area contributed by atoms with Crippen LogP contribution in [0.1, 0.15) is 47.0 Å². The molecule has 0 N–H and O–H groups in total. The lowest BCUT2D eigenvalue weighted by Gasteiger charge is -2.36. The van der Waals surface area contributed by atoms with E-state index >= 15 is 0 Å². The van der Waals surface area contributed by atoms with Gasteiger partial charge in [-0.25, -0.2) is 4.79 Å². The minimum Gasteiger partial charge on any atom is -0.466 e. The molecule has 0 aliphatic rings. The van der Waals surface area contributed by atoms with Crippen LogP contribution in [0.3, 0.4) is 0 Å². The number of methoxy groups -OCH3 is 1. The van der Waals surface area contributed by atoms with E-state index in [1.54, 1.807) is 6.92 Å². The molecule has 0 aliphatic carbocycles. The first-order valence-electron chi connectivity index (χ1n) is 7.01. The van der Waals surface area contributed by atoms with Crippen LogP contribution in [0, 0.1) is 0 Å². The summed E-state index contributed by atoms with van der Waals surface area (Å²) in [5.74, 6) is -0.238. The summed E-state index contributed by atoms with van der Waals surface area (Å²) in [6, 6.07) is 0. The van der Waals surface area contributed by atoms with E-state index < -0.39 is 8.32 Å². The van der Waals surface area contributed by atoms with Gasteiger partial charge in [0.1, 0.15) is 0 Å². The molecule has 0 bridgehead atoms. The topological polar surface area (TPSA) is 35.5 Å². The van der Waals surface area contributed by atoms with Gasteiger partial charge >= 0.3 is 5.97 Å². The standard InChI is InChI=1S/C15H30O3Si/c1-13(14(16)17-5)11-9-8-10-12-18-19(6,7)15(2,3)4/h11H,8-10,12H2,1-7H3/b13-11-. The first-order chi connectivity index (χ1) is 8.62. The molecule has 0 saturated heterocycles. The summed E-state index contributed by atoms with van der Waals surface area (Å²) < 4.78 is 10.7. The first kappa shape index (κ1) is 18.4. The maximum Gasteiger partial charge on any atom is 0.333 e. The lowest BCUT2D eigenvalue weighted by atomic mass is 10.2. The second-order valence-electron chi connectivity index (χ2n) is 6.48. The zero-order valence-corrected chi connectivity index (χ0v) is 14.6. The van der Waals surface area contributed by atoms with Gasteiger partial charge in [0.05, 0.1) is 7.11 Å². The molecule has 4 heteroatoms. The van der Waals surface area contributed by atoms with Gasteiger partial charge in [-0.05, 0) is 44.3 Å². The number of unbranched alkanes of at least 4 members (excludes halogenated alkanes) is 2. The van der Waals surface area contributed by atoms with Crippen molar-refractivity contribution in [2.75, 3.05) is 13.7 Å². The summed E-state index contributed by atoms with van der Waals surface area (Å²) in [5.41, 5.74) is 0.688. The predicted octanol–water partition coefficient (Wildman–Crippen LogP) is 4.30. The molecule has 0 spiro atoms. The molecule has 0 atom stereocenters. The van der Waals surface area contributed by atoms with Crippen molar-refractivity contribution >= 4 is 14.3 Å². The Balaban J connectivity index is 3.87. The molecule has 0 heterocycles. The van der Waals surface area contributed by atoms with E-state index in [0.29, 0.717) is 5.57 Å². The molecule has 19 heavy (non-hydrogen) atoms. The molecule has 0 saturated carbocycles. The van der Waals surface area contributed by atoms with E-state index in [-0.39, 0.29) is 11.0 Å². The second-order valence-corrected chi connectivity index (χ2v) is 11.3. The minimum atomic E-state index is -1.60. The van der Waals surface area contributed by atoms with E-state index in [0.717, 1.165) is 25.9 Å². The Hall–Kier alpha value is -0.613. The van der Waals surface area contributed by atoms with Gasteiger partial charge < -0.3 is 9.16 Å². The highest BCUT2D eigenvalue weighted by molar-refractivity contribution is 6.74. The van der Waals surface area contributed by atoms with Gasteiger partial charge in [0, 0.05) is 12.2 Å². The number of carbonyl (C=O) groups is 1. The van der Waals surface area contributed by atoms with Crippen LogP contribution in [0.5, 0.6) is 0 Å². The summed E-state index contributed by atoms with van der Waals surface area (Å²) in [7, 11) is -0.191. The molecule has 0 aromatic carbocycles. The molecule has 0 radical (unpaired) electrons. The van der Waals surface area contributed by atoms with Crippen LogP contribution in [-0.2, 0) is 14.0 Å². The van der Waals surface area contributed by atoms with Gasteiger partial charge in [0.2, 0.25) is 0 Å². The Morgan fingerprint density at radius 3 is 2.26 bits per heavy atom. The second kappa shape index (κ2) is 7.85. The molecule has 0 aliphatic heterocycles. The van der Waals surface area contributed by atoms with Gasteiger partial charge in [0.25, 0.3) is 0 Å². The Morgan fingerprint density at radius 1 is 1.21 bits per heavy atom. The highest BCUT2D eigenvalue weighted by Crippen LogP contribution is 2.36. The van der Waals surface area contributed by atoms with Crippen LogP contribution in [0.4, 0.5) is 0 Å². The van der Waals surface area contributed by atoms with E-state index in [4.69, 9.17) is 4.43 Å². The highest BCUT2D eigenvalue weighted by atomic mass is 28.4. The first-order valence-corrected chi connectivity index (χ1v) is 9.91. The third kappa shape index (κ3) is 6.92. The van der Waals surface area contributed by atoms with Gasteiger partial charge in [0.15, 0.2) is 8.32 Å². The molecule has 0 aromatic rings. The number of rotatable bonds is 7. The lowest BCUT2D eigenvalue weighted by Crippen LogP contribution is -2.40. The van der Waals surface area contributed by atoms with Crippen LogP contribution < -0.4 is 0 Å². The van der Waals surface area contributed by atoms with E-state index in [1.165, 1.54) is 7.11 Å². The fraction of sp³-hybridized carbons (Fsp3) is 0.800. The smallest absolute Gasteiger partial charge is 0.333 e. The summed E-state index contributed by atoms with van der Waals surface area (Å²) in [6.07, 6.45) is 4.93. The Labute approximate surface area is 119 Å². The Bertz CT molecular complexity index is 314. The molecule has 0 aromatic heterocycles. The van der Waals surface area contributed by atoms with Crippen molar-refractivity contribution in [2.24, 2.45) is 0 Å². The predicted molar refractivity (Wildman–Crippen MR) is 82.8 cm³/mol. The van der Waals surface area contributed by atoms with E-state index in [9.17, 15) is 4.79 Å². The van der Waals surface area contributed by atoms with Crippen molar-refractivity contribution in [3.8, 4) is 0 Å². The van der Waals surface area contributed by atoms with E-state index in [1.807, 2.05) is 6.08 Å². The third-order valence-corrected chi connectivity index (χ3v) is 8.36. The fourth-order valence-corrected chi connectivity index (χ4v) is 2.44. The highest BCUT2D eigenvalue weighted by Gasteiger charge is 2.36. The molecule has 3 nitrogen and oxygen atoms in total. The van der Waals surface area contributed by atoms with Crippen molar-refractivity contribution in [3.63, 3.8) is 0 Å². The Morgan fingerprint density at radius 2 is 1.79 bits per heavy atom. The quantitative estimate of drug-likeness (QED) is 0.303. The monoisotopic (exact) mass is 286 g/mol. The van der Waals surface area contributed by atoms with Crippen LogP contribution >= 0.6 is 0 Å². The van der Waals surface area contributed by atoms with Crippen molar-refractivity contribution in [3.05, 3.63) is 11.6 Å². The molecule has 112 valence electrons. The third-order valence-electron chi connectivity index (χ3n) is 3.83. The normalized spacial score (nSPS) is 13.5. The fourth-order valence-electron chi connectivity index (χ4n) is 1.35. The molecule has 0 fully saturated rings. The maximum absolute atomic E-state index is 11.2. The number of carbonyl (C=O) groups excluding carboxylic acids is 1. The average molecular weight is 286 g/mol. The summed E-state index contributed by atoms with van der Waals surface area (Å²) in [4.78, 5) is 11.2. The molecule has 0 amide bonds. The van der Waals surface area contributed by atoms with Gasteiger partial charge in [-0.2, -0.15) is 0 Å². The van der Waals surface area contributed by atoms with Crippen LogP contribution in [0.25, 0.3) is 0 Å². The number of allylic oxidation sites excluding steroid dienone is 1. The van der Waals surface area contributed by atoms with Crippen LogP contribution in [0.2, 0.25) is 18.1 Å². The van der Waals surface area contributed by atoms with Crippen molar-refractivity contribution < 1.29 is 14.0 Å². The van der Waals surface area contributed by atoms with Crippen molar-refractivity contribution in [2.45, 2.75) is 65.1 Å². The van der Waals surface area contributed by atoms with E-state index in [2.05, 4.69) is 38.6 Å². The summed E-state index contributed by atoms with van der Waals surface area (Å²) in [5, 5.41) is 0.272. The van der Waals surface area contributed by atoms with Gasteiger partial charge in [-0.15, -0.1) is 0 Å². The molecule has 0 unspecified atom stereocenters. The number of hydrogen-bond acceptors (Lipinski definition) is 3. The Kier molecular flexibility index (Phi) is 7.60. The van der Waals surface area contributed by atoms with Crippen LogP contribution in [-0.4, -0.2) is 28.0 Å². The molecular weight excluding hydrogens is 256 g/mol. The maximum atomic E-state index is 11.2. The largest absolute Gasteiger partial charge is 0.466 e. The van der Waals surface area contributed by atoms with Crippen LogP contribution in [0.15, 0.2) is 11.6 Å². The average Bonchev–Trinajstić information content (AvgIpc) is 2.30. The van der Waals surface area contributed by atoms with Gasteiger partial charge in [-0.1, -0.05) is 26.8 Å². The lowest BCUT2D eigenvalue weighted by molar-refractivity contribution is -0.136. The number of ether oxygens (including phenoxy) is 1. The summed E-state index contributed by atoms with van der Waals surface area (Å²) >= 11 is 0. The zero-order valence-electron chi connectivity index (χ0n) is 13.6. The van der Waals surface area contributed by atoms with Crippen molar-refractivity contribution in [1.29, 1.82) is 0 Å². The zero-order chi connectivity index (χ0) is 15.1. The minimum absolute atomic E-state index is 0.238. The SMILES string of the molecule is COC(=O)/C(C)=C\CCCCO[Si](C)(C)C(C)(C)C. The molecular formula is C15H30O3Si. The number of esters is 1. The number of hydrogen-bond donors (Lipinski definition) is 0.